The molecule has 5 nitrogen and oxygen atoms in total. The number of hydrogen-bond acceptors (Lipinski definition) is 2. The number of amides is 2. The Balaban J connectivity index is 1.56. The maximum absolute atomic E-state index is 13.8. The van der Waals surface area contributed by atoms with Gasteiger partial charge in [0.2, 0.25) is 11.8 Å². The second-order valence-corrected chi connectivity index (χ2v) is 10.9. The minimum atomic E-state index is -0.661. The van der Waals surface area contributed by atoms with Crippen LogP contribution in [0.1, 0.15) is 43.0 Å². The quantitative estimate of drug-likeness (QED) is 0.287. The van der Waals surface area contributed by atoms with Crippen LogP contribution in [0.25, 0.3) is 10.9 Å². The first-order valence-corrected chi connectivity index (χ1v) is 13.0. The number of H-pyrrole nitrogens is 1. The molecule has 6 heteroatoms. The van der Waals surface area contributed by atoms with Crippen LogP contribution in [-0.4, -0.2) is 39.7 Å². The van der Waals surface area contributed by atoms with Crippen molar-refractivity contribution in [3.8, 4) is 0 Å². The van der Waals surface area contributed by atoms with Crippen molar-refractivity contribution < 1.29 is 14.0 Å². The zero-order chi connectivity index (χ0) is 27.3. The summed E-state index contributed by atoms with van der Waals surface area (Å²) in [6.07, 6.45) is 2.69. The fourth-order valence-electron chi connectivity index (χ4n) is 4.55. The molecular formula is C32H36FN3O2. The molecule has 0 radical (unpaired) electrons. The van der Waals surface area contributed by atoms with Crippen molar-refractivity contribution >= 4 is 22.7 Å². The summed E-state index contributed by atoms with van der Waals surface area (Å²) in [5.41, 5.74) is 4.53. The lowest BCUT2D eigenvalue weighted by Gasteiger charge is -2.32. The minimum Gasteiger partial charge on any atom is -0.361 e. The third-order valence-corrected chi connectivity index (χ3v) is 6.71. The molecule has 1 heterocycles. The highest BCUT2D eigenvalue weighted by atomic mass is 19.1. The number of carbonyl (C=O) groups is 2. The molecule has 4 rings (SSSR count). The zero-order valence-corrected chi connectivity index (χ0v) is 22.6. The van der Waals surface area contributed by atoms with Crippen LogP contribution >= 0.6 is 0 Å². The molecule has 0 atom stereocenters. The Kier molecular flexibility index (Phi) is 8.30. The lowest BCUT2D eigenvalue weighted by Crippen LogP contribution is -2.46. The van der Waals surface area contributed by atoms with E-state index in [1.807, 2.05) is 81.3 Å². The Labute approximate surface area is 224 Å². The van der Waals surface area contributed by atoms with Crippen LogP contribution in [0.4, 0.5) is 4.39 Å². The van der Waals surface area contributed by atoms with Gasteiger partial charge in [-0.3, -0.25) is 9.59 Å². The Bertz CT molecular complexity index is 1390. The Morgan fingerprint density at radius 3 is 2.11 bits per heavy atom. The van der Waals surface area contributed by atoms with Crippen molar-refractivity contribution in [2.75, 3.05) is 13.1 Å². The van der Waals surface area contributed by atoms with E-state index in [1.165, 1.54) is 12.1 Å². The normalized spacial score (nSPS) is 11.5. The Hall–Kier alpha value is -3.93. The van der Waals surface area contributed by atoms with Crippen LogP contribution < -0.4 is 0 Å². The largest absolute Gasteiger partial charge is 0.361 e. The lowest BCUT2D eigenvalue weighted by molar-refractivity contribution is -0.146. The van der Waals surface area contributed by atoms with Gasteiger partial charge in [-0.2, -0.15) is 0 Å². The molecule has 0 aliphatic carbocycles. The van der Waals surface area contributed by atoms with Gasteiger partial charge in [-0.1, -0.05) is 80.9 Å². The molecule has 3 aromatic carbocycles. The molecule has 0 saturated carbocycles. The Morgan fingerprint density at radius 1 is 0.842 bits per heavy atom. The summed E-state index contributed by atoms with van der Waals surface area (Å²) in [5, 5.41) is 1.15. The molecule has 0 fully saturated rings. The smallest absolute Gasteiger partial charge is 0.242 e. The van der Waals surface area contributed by atoms with Crippen LogP contribution in [0.5, 0.6) is 0 Å². The van der Waals surface area contributed by atoms with Crippen molar-refractivity contribution in [2.45, 2.75) is 47.2 Å². The number of aromatic nitrogens is 1. The van der Waals surface area contributed by atoms with E-state index in [0.29, 0.717) is 19.5 Å². The molecule has 2 amide bonds. The number of benzene rings is 3. The molecule has 1 aromatic heterocycles. The predicted octanol–water partition coefficient (Wildman–Crippen LogP) is 6.26. The summed E-state index contributed by atoms with van der Waals surface area (Å²) in [6, 6.07) is 22.4. The van der Waals surface area contributed by atoms with E-state index in [1.54, 1.807) is 17.0 Å². The average Bonchev–Trinajstić information content (AvgIpc) is 3.30. The zero-order valence-electron chi connectivity index (χ0n) is 22.6. The summed E-state index contributed by atoms with van der Waals surface area (Å²) in [4.78, 5) is 33.9. The average molecular weight is 514 g/mol. The van der Waals surface area contributed by atoms with Gasteiger partial charge in [0, 0.05) is 42.1 Å². The van der Waals surface area contributed by atoms with Gasteiger partial charge in [0.05, 0.1) is 0 Å². The van der Waals surface area contributed by atoms with Crippen LogP contribution in [0.2, 0.25) is 0 Å². The highest BCUT2D eigenvalue weighted by molar-refractivity contribution is 5.87. The maximum atomic E-state index is 13.8. The predicted molar refractivity (Wildman–Crippen MR) is 150 cm³/mol. The van der Waals surface area contributed by atoms with Crippen LogP contribution in [-0.2, 0) is 29.1 Å². The number of nitrogens with one attached hydrogen (secondary N) is 1. The topological polar surface area (TPSA) is 56.4 Å². The fourth-order valence-corrected chi connectivity index (χ4v) is 4.55. The van der Waals surface area contributed by atoms with E-state index in [2.05, 4.69) is 11.1 Å². The van der Waals surface area contributed by atoms with Gasteiger partial charge in [-0.15, -0.1) is 0 Å². The standard InChI is InChI=1S/C32H36FN3O2/c1-23-9-11-24(12-10-23)20-35(18-17-26-19-34-29-8-6-5-7-28(26)29)30(37)22-36(31(38)32(2,3)4)21-25-13-15-27(33)16-14-25/h5-16,19,34H,17-18,20-22H2,1-4H3. The van der Waals surface area contributed by atoms with Gasteiger partial charge in [-0.25, -0.2) is 4.39 Å². The molecule has 0 unspecified atom stereocenters. The number of hydrogen-bond donors (Lipinski definition) is 1. The summed E-state index contributed by atoms with van der Waals surface area (Å²) in [6.45, 7) is 8.74. The van der Waals surface area contributed by atoms with Crippen molar-refractivity contribution in [3.63, 3.8) is 0 Å². The summed E-state index contributed by atoms with van der Waals surface area (Å²) >= 11 is 0. The highest BCUT2D eigenvalue weighted by Crippen LogP contribution is 2.22. The molecule has 4 aromatic rings. The van der Waals surface area contributed by atoms with Crippen molar-refractivity contribution in [1.82, 2.24) is 14.8 Å². The van der Waals surface area contributed by atoms with Gasteiger partial charge in [0.25, 0.3) is 0 Å². The number of para-hydroxylation sites is 1. The molecule has 0 aliphatic heterocycles. The fraction of sp³-hybridized carbons (Fsp3) is 0.312. The van der Waals surface area contributed by atoms with E-state index in [4.69, 9.17) is 0 Å². The van der Waals surface area contributed by atoms with Crippen LogP contribution in [0.3, 0.4) is 0 Å². The number of nitrogens with zero attached hydrogens (tertiary/aromatic N) is 2. The molecule has 0 saturated heterocycles. The van der Waals surface area contributed by atoms with Gasteiger partial charge < -0.3 is 14.8 Å². The summed E-state index contributed by atoms with van der Waals surface area (Å²) in [5.74, 6) is -0.577. The first-order chi connectivity index (χ1) is 18.1. The number of halogens is 1. The Morgan fingerprint density at radius 2 is 1.45 bits per heavy atom. The molecule has 0 bridgehead atoms. The second-order valence-electron chi connectivity index (χ2n) is 10.9. The van der Waals surface area contributed by atoms with Gasteiger partial charge in [0.1, 0.15) is 12.4 Å². The summed E-state index contributed by atoms with van der Waals surface area (Å²) < 4.78 is 13.5. The van der Waals surface area contributed by atoms with Crippen molar-refractivity contribution in [2.24, 2.45) is 5.41 Å². The van der Waals surface area contributed by atoms with E-state index < -0.39 is 5.41 Å². The highest BCUT2D eigenvalue weighted by Gasteiger charge is 2.30. The van der Waals surface area contributed by atoms with E-state index >= 15 is 0 Å². The van der Waals surface area contributed by atoms with Crippen LogP contribution in [0.15, 0.2) is 79.0 Å². The van der Waals surface area contributed by atoms with E-state index in [-0.39, 0.29) is 30.7 Å². The molecule has 0 aliphatic rings. The van der Waals surface area contributed by atoms with Crippen molar-refractivity contribution in [3.05, 3.63) is 107 Å². The number of fused-ring (bicyclic) bond motifs is 1. The SMILES string of the molecule is Cc1ccc(CN(CCc2c[nH]c3ccccc23)C(=O)CN(Cc2ccc(F)cc2)C(=O)C(C)(C)C)cc1. The van der Waals surface area contributed by atoms with E-state index in [0.717, 1.165) is 33.2 Å². The molecule has 198 valence electrons. The second kappa shape index (κ2) is 11.6. The van der Waals surface area contributed by atoms with Crippen molar-refractivity contribution in [1.29, 1.82) is 0 Å². The maximum Gasteiger partial charge on any atom is 0.242 e. The number of aromatic amines is 1. The number of rotatable bonds is 9. The first-order valence-electron chi connectivity index (χ1n) is 13.0. The van der Waals surface area contributed by atoms with Gasteiger partial charge in [-0.05, 0) is 48.2 Å². The third kappa shape index (κ3) is 6.88. The third-order valence-electron chi connectivity index (χ3n) is 6.71. The molecular weight excluding hydrogens is 477 g/mol. The number of aryl methyl sites for hydroxylation is 1. The van der Waals surface area contributed by atoms with Crippen LogP contribution in [0, 0.1) is 18.2 Å². The monoisotopic (exact) mass is 513 g/mol. The minimum absolute atomic E-state index is 0.0484. The first kappa shape index (κ1) is 27.1. The summed E-state index contributed by atoms with van der Waals surface area (Å²) in [7, 11) is 0. The molecule has 0 spiro atoms. The van der Waals surface area contributed by atoms with E-state index in [9.17, 15) is 14.0 Å². The lowest BCUT2D eigenvalue weighted by atomic mass is 9.94. The van der Waals surface area contributed by atoms with Gasteiger partial charge >= 0.3 is 0 Å². The van der Waals surface area contributed by atoms with Gasteiger partial charge in [0.15, 0.2) is 0 Å². The number of carbonyl (C=O) groups excluding carboxylic acids is 2. The molecule has 38 heavy (non-hydrogen) atoms. The molecule has 1 N–H and O–H groups in total.